The Labute approximate surface area is 76.8 Å². The first kappa shape index (κ1) is 8.31. The molecule has 1 aromatic heterocycles. The third kappa shape index (κ3) is 1.23. The Morgan fingerprint density at radius 2 is 2.23 bits per heavy atom. The highest BCUT2D eigenvalue weighted by Crippen LogP contribution is 2.35. The van der Waals surface area contributed by atoms with Crippen LogP contribution in [0.5, 0.6) is 0 Å². The molecule has 1 aliphatic carbocycles. The van der Waals surface area contributed by atoms with Gasteiger partial charge in [0.25, 0.3) is 0 Å². The van der Waals surface area contributed by atoms with Crippen molar-refractivity contribution in [3.8, 4) is 12.3 Å². The molecule has 0 unspecified atom stereocenters. The summed E-state index contributed by atoms with van der Waals surface area (Å²) in [5.74, 6) is 2.42. The lowest BCUT2D eigenvalue weighted by Crippen LogP contribution is -2.28. The number of terminal acetylenes is 1. The van der Waals surface area contributed by atoms with Gasteiger partial charge in [0.05, 0.1) is 12.4 Å². The van der Waals surface area contributed by atoms with Crippen LogP contribution in [0, 0.1) is 18.2 Å². The van der Waals surface area contributed by atoms with Crippen molar-refractivity contribution in [3.63, 3.8) is 0 Å². The van der Waals surface area contributed by atoms with Crippen LogP contribution in [0.15, 0.2) is 12.4 Å². The Kier molecular flexibility index (Phi) is 1.84. The summed E-state index contributed by atoms with van der Waals surface area (Å²) < 4.78 is 14.3. The summed E-state index contributed by atoms with van der Waals surface area (Å²) in [6.45, 7) is 0. The molecule has 0 aromatic carbocycles. The molecule has 68 valence electrons. The van der Waals surface area contributed by atoms with Crippen LogP contribution in [0.25, 0.3) is 0 Å². The van der Waals surface area contributed by atoms with Gasteiger partial charge >= 0.3 is 0 Å². The van der Waals surface area contributed by atoms with Crippen molar-refractivity contribution in [3.05, 3.63) is 18.2 Å². The molecule has 0 aliphatic heterocycles. The summed E-state index contributed by atoms with van der Waals surface area (Å²) in [4.78, 5) is 0. The minimum absolute atomic E-state index is 0.318. The molecule has 0 N–H and O–H groups in total. The predicted octanol–water partition coefficient (Wildman–Crippen LogP) is 1.92. The number of hydrogen-bond donors (Lipinski definition) is 0. The SMILES string of the molecule is C#CC1(n2cc(F)cn2)CCCC1. The predicted molar refractivity (Wildman–Crippen MR) is 47.5 cm³/mol. The summed E-state index contributed by atoms with van der Waals surface area (Å²) in [5.41, 5.74) is -0.357. The van der Waals surface area contributed by atoms with Crippen LogP contribution in [0.1, 0.15) is 25.7 Å². The minimum atomic E-state index is -0.357. The summed E-state index contributed by atoms with van der Waals surface area (Å²) in [7, 11) is 0. The molecule has 2 nitrogen and oxygen atoms in total. The molecule has 0 saturated heterocycles. The highest BCUT2D eigenvalue weighted by atomic mass is 19.1. The van der Waals surface area contributed by atoms with Crippen LogP contribution in [0.3, 0.4) is 0 Å². The van der Waals surface area contributed by atoms with E-state index >= 15 is 0 Å². The molecule has 1 aliphatic rings. The van der Waals surface area contributed by atoms with Crippen LogP contribution in [-0.2, 0) is 5.54 Å². The molecule has 1 fully saturated rings. The maximum Gasteiger partial charge on any atom is 0.161 e. The van der Waals surface area contributed by atoms with Gasteiger partial charge in [-0.25, -0.2) is 4.39 Å². The van der Waals surface area contributed by atoms with Gasteiger partial charge in [-0.15, -0.1) is 6.42 Å². The molecule has 0 radical (unpaired) electrons. The lowest BCUT2D eigenvalue weighted by atomic mass is 10.00. The number of nitrogens with zero attached hydrogens (tertiary/aromatic N) is 2. The van der Waals surface area contributed by atoms with E-state index in [1.807, 2.05) is 0 Å². The second-order valence-corrected chi connectivity index (χ2v) is 3.49. The van der Waals surface area contributed by atoms with E-state index in [4.69, 9.17) is 6.42 Å². The van der Waals surface area contributed by atoms with E-state index in [1.54, 1.807) is 4.68 Å². The standard InChI is InChI=1S/C10H11FN2/c1-2-10(5-3-4-6-10)13-8-9(11)7-12-13/h1,7-8H,3-6H2. The zero-order valence-corrected chi connectivity index (χ0v) is 7.33. The van der Waals surface area contributed by atoms with Crippen LogP contribution >= 0.6 is 0 Å². The van der Waals surface area contributed by atoms with Gasteiger partial charge in [0.2, 0.25) is 0 Å². The maximum atomic E-state index is 12.7. The summed E-state index contributed by atoms with van der Waals surface area (Å²) >= 11 is 0. The topological polar surface area (TPSA) is 17.8 Å². The van der Waals surface area contributed by atoms with Crippen molar-refractivity contribution in [1.82, 2.24) is 9.78 Å². The fourth-order valence-corrected chi connectivity index (χ4v) is 1.93. The lowest BCUT2D eigenvalue weighted by Gasteiger charge is -2.22. The van der Waals surface area contributed by atoms with Crippen LogP contribution in [0.2, 0.25) is 0 Å². The highest BCUT2D eigenvalue weighted by molar-refractivity contribution is 5.13. The molecule has 13 heavy (non-hydrogen) atoms. The average molecular weight is 178 g/mol. The van der Waals surface area contributed by atoms with Gasteiger partial charge in [0.1, 0.15) is 5.54 Å². The zero-order valence-electron chi connectivity index (χ0n) is 7.33. The smallest absolute Gasteiger partial charge is 0.161 e. The molecule has 0 atom stereocenters. The van der Waals surface area contributed by atoms with E-state index in [2.05, 4.69) is 11.0 Å². The lowest BCUT2D eigenvalue weighted by molar-refractivity contribution is 0.359. The van der Waals surface area contributed by atoms with Gasteiger partial charge in [-0.3, -0.25) is 4.68 Å². The molecular formula is C10H11FN2. The van der Waals surface area contributed by atoms with Crippen molar-refractivity contribution < 1.29 is 4.39 Å². The Bertz CT molecular complexity index is 342. The Balaban J connectivity index is 2.37. The molecule has 1 saturated carbocycles. The molecule has 3 heteroatoms. The number of rotatable bonds is 1. The fourth-order valence-electron chi connectivity index (χ4n) is 1.93. The highest BCUT2D eigenvalue weighted by Gasteiger charge is 2.34. The Morgan fingerprint density at radius 1 is 1.54 bits per heavy atom. The monoisotopic (exact) mass is 178 g/mol. The van der Waals surface area contributed by atoms with Gasteiger partial charge in [0, 0.05) is 0 Å². The fraction of sp³-hybridized carbons (Fsp3) is 0.500. The summed E-state index contributed by atoms with van der Waals surface area (Å²) in [6.07, 6.45) is 12.1. The third-order valence-electron chi connectivity index (χ3n) is 2.69. The normalized spacial score (nSPS) is 20.0. The minimum Gasteiger partial charge on any atom is -0.252 e. The van der Waals surface area contributed by atoms with Gasteiger partial charge in [-0.2, -0.15) is 5.10 Å². The largest absolute Gasteiger partial charge is 0.252 e. The van der Waals surface area contributed by atoms with Gasteiger partial charge in [-0.05, 0) is 25.7 Å². The van der Waals surface area contributed by atoms with Crippen molar-refractivity contribution in [2.24, 2.45) is 0 Å². The number of hydrogen-bond acceptors (Lipinski definition) is 1. The average Bonchev–Trinajstić information content (AvgIpc) is 2.73. The zero-order chi connectivity index (χ0) is 9.31. The van der Waals surface area contributed by atoms with E-state index in [0.717, 1.165) is 25.7 Å². The molecule has 1 heterocycles. The summed E-state index contributed by atoms with van der Waals surface area (Å²) in [6, 6.07) is 0. The Morgan fingerprint density at radius 3 is 2.69 bits per heavy atom. The second kappa shape index (κ2) is 2.88. The molecule has 2 rings (SSSR count). The van der Waals surface area contributed by atoms with Crippen LogP contribution in [-0.4, -0.2) is 9.78 Å². The van der Waals surface area contributed by atoms with Crippen molar-refractivity contribution in [1.29, 1.82) is 0 Å². The van der Waals surface area contributed by atoms with Crippen molar-refractivity contribution >= 4 is 0 Å². The Hall–Kier alpha value is -1.30. The molecule has 0 spiro atoms. The molecule has 0 amide bonds. The number of aromatic nitrogens is 2. The van der Waals surface area contributed by atoms with E-state index in [-0.39, 0.29) is 11.4 Å². The van der Waals surface area contributed by atoms with Gasteiger partial charge < -0.3 is 0 Å². The first-order chi connectivity index (χ1) is 6.27. The second-order valence-electron chi connectivity index (χ2n) is 3.49. The van der Waals surface area contributed by atoms with Crippen molar-refractivity contribution in [2.75, 3.05) is 0 Å². The third-order valence-corrected chi connectivity index (χ3v) is 2.69. The number of halogens is 1. The molecule has 1 aromatic rings. The van der Waals surface area contributed by atoms with Crippen molar-refractivity contribution in [2.45, 2.75) is 31.2 Å². The van der Waals surface area contributed by atoms with Crippen LogP contribution < -0.4 is 0 Å². The van der Waals surface area contributed by atoms with E-state index in [0.29, 0.717) is 0 Å². The molecular weight excluding hydrogens is 167 g/mol. The first-order valence-electron chi connectivity index (χ1n) is 4.45. The van der Waals surface area contributed by atoms with E-state index in [9.17, 15) is 4.39 Å². The van der Waals surface area contributed by atoms with Crippen LogP contribution in [0.4, 0.5) is 4.39 Å². The van der Waals surface area contributed by atoms with E-state index in [1.165, 1.54) is 12.4 Å². The quantitative estimate of drug-likeness (QED) is 0.601. The summed E-state index contributed by atoms with van der Waals surface area (Å²) in [5, 5.41) is 3.94. The maximum absolute atomic E-state index is 12.7. The van der Waals surface area contributed by atoms with Gasteiger partial charge in [-0.1, -0.05) is 5.92 Å². The van der Waals surface area contributed by atoms with E-state index < -0.39 is 0 Å². The first-order valence-corrected chi connectivity index (χ1v) is 4.45. The molecule has 0 bridgehead atoms. The van der Waals surface area contributed by atoms with Gasteiger partial charge in [0.15, 0.2) is 5.82 Å².